The van der Waals surface area contributed by atoms with E-state index in [9.17, 15) is 9.90 Å². The van der Waals surface area contributed by atoms with Gasteiger partial charge in [-0.2, -0.15) is 0 Å². The molecule has 5 heteroatoms. The lowest BCUT2D eigenvalue weighted by molar-refractivity contribution is 0.0685. The second-order valence-electron chi connectivity index (χ2n) is 3.00. The highest BCUT2D eigenvalue weighted by Gasteiger charge is 2.08. The third kappa shape index (κ3) is 1.80. The fourth-order valence-corrected chi connectivity index (χ4v) is 1.25. The molecule has 0 saturated carbocycles. The van der Waals surface area contributed by atoms with E-state index in [1.54, 1.807) is 12.1 Å². The Morgan fingerprint density at radius 2 is 2.20 bits per heavy atom. The topological polar surface area (TPSA) is 86.2 Å². The molecule has 0 amide bonds. The maximum atomic E-state index is 10.6. The summed E-state index contributed by atoms with van der Waals surface area (Å²) in [4.78, 5) is 16.9. The zero-order valence-corrected chi connectivity index (χ0v) is 7.64. The van der Waals surface area contributed by atoms with Crippen LogP contribution in [0.25, 0.3) is 11.3 Å². The van der Waals surface area contributed by atoms with E-state index in [-0.39, 0.29) is 11.6 Å². The summed E-state index contributed by atoms with van der Waals surface area (Å²) in [6.45, 7) is 0. The van der Waals surface area contributed by atoms with Crippen LogP contribution in [0.5, 0.6) is 5.75 Å². The SMILES string of the molecule is O=C(O)c1ncc(-c2cccc(O)c2)[nH]1. The standard InChI is InChI=1S/C10H8N2O3/c13-7-3-1-2-6(4-7)8-5-11-9(12-8)10(14)15/h1-5,13H,(H,11,12)(H,14,15). The lowest BCUT2D eigenvalue weighted by Gasteiger charge is -1.97. The molecule has 1 aromatic carbocycles. The van der Waals surface area contributed by atoms with Gasteiger partial charge in [-0.25, -0.2) is 9.78 Å². The maximum Gasteiger partial charge on any atom is 0.371 e. The molecule has 15 heavy (non-hydrogen) atoms. The Morgan fingerprint density at radius 3 is 2.80 bits per heavy atom. The lowest BCUT2D eigenvalue weighted by atomic mass is 10.2. The summed E-state index contributed by atoms with van der Waals surface area (Å²) in [6.07, 6.45) is 1.41. The van der Waals surface area contributed by atoms with E-state index in [1.165, 1.54) is 18.3 Å². The van der Waals surface area contributed by atoms with Gasteiger partial charge in [-0.1, -0.05) is 12.1 Å². The average molecular weight is 204 g/mol. The molecule has 1 heterocycles. The number of carboxylic acids is 1. The van der Waals surface area contributed by atoms with Crippen molar-refractivity contribution in [2.24, 2.45) is 0 Å². The number of aromatic hydroxyl groups is 1. The van der Waals surface area contributed by atoms with Crippen molar-refractivity contribution in [1.82, 2.24) is 9.97 Å². The summed E-state index contributed by atoms with van der Waals surface area (Å²) in [6, 6.07) is 6.49. The number of hydrogen-bond donors (Lipinski definition) is 3. The smallest absolute Gasteiger partial charge is 0.371 e. The molecule has 0 aliphatic rings. The van der Waals surface area contributed by atoms with Crippen LogP contribution in [0, 0.1) is 0 Å². The van der Waals surface area contributed by atoms with Gasteiger partial charge in [0.25, 0.3) is 0 Å². The Bertz CT molecular complexity index is 505. The molecule has 0 radical (unpaired) electrons. The van der Waals surface area contributed by atoms with Crippen molar-refractivity contribution >= 4 is 5.97 Å². The van der Waals surface area contributed by atoms with E-state index in [0.29, 0.717) is 11.3 Å². The number of rotatable bonds is 2. The van der Waals surface area contributed by atoms with Crippen LogP contribution in [-0.2, 0) is 0 Å². The second-order valence-corrected chi connectivity index (χ2v) is 3.00. The van der Waals surface area contributed by atoms with Crippen LogP contribution in [-0.4, -0.2) is 26.2 Å². The minimum atomic E-state index is -1.11. The van der Waals surface area contributed by atoms with Gasteiger partial charge >= 0.3 is 5.97 Å². The number of phenols is 1. The van der Waals surface area contributed by atoms with Crippen LogP contribution in [0.15, 0.2) is 30.5 Å². The van der Waals surface area contributed by atoms with E-state index < -0.39 is 5.97 Å². The summed E-state index contributed by atoms with van der Waals surface area (Å²) in [7, 11) is 0. The molecule has 5 nitrogen and oxygen atoms in total. The summed E-state index contributed by atoms with van der Waals surface area (Å²) in [5.74, 6) is -1.10. The maximum absolute atomic E-state index is 10.6. The highest BCUT2D eigenvalue weighted by Crippen LogP contribution is 2.21. The van der Waals surface area contributed by atoms with Gasteiger partial charge in [-0.05, 0) is 12.1 Å². The van der Waals surface area contributed by atoms with Crippen molar-refractivity contribution in [3.63, 3.8) is 0 Å². The molecular weight excluding hydrogens is 196 g/mol. The lowest BCUT2D eigenvalue weighted by Crippen LogP contribution is -1.98. The monoisotopic (exact) mass is 204 g/mol. The van der Waals surface area contributed by atoms with Crippen molar-refractivity contribution in [3.8, 4) is 17.0 Å². The van der Waals surface area contributed by atoms with Crippen molar-refractivity contribution < 1.29 is 15.0 Å². The molecule has 3 N–H and O–H groups in total. The van der Waals surface area contributed by atoms with Crippen LogP contribution in [0.1, 0.15) is 10.6 Å². The Labute approximate surface area is 85.0 Å². The van der Waals surface area contributed by atoms with Gasteiger partial charge < -0.3 is 15.2 Å². The zero-order valence-electron chi connectivity index (χ0n) is 7.64. The highest BCUT2D eigenvalue weighted by molar-refractivity contribution is 5.84. The molecule has 1 aromatic heterocycles. The number of nitrogens with one attached hydrogen (secondary N) is 1. The van der Waals surface area contributed by atoms with Gasteiger partial charge in [-0.3, -0.25) is 0 Å². The summed E-state index contributed by atoms with van der Waals surface area (Å²) in [5.41, 5.74) is 1.25. The summed E-state index contributed by atoms with van der Waals surface area (Å²) >= 11 is 0. The summed E-state index contributed by atoms with van der Waals surface area (Å²) in [5, 5.41) is 17.9. The number of carbonyl (C=O) groups is 1. The Kier molecular flexibility index (Phi) is 2.13. The quantitative estimate of drug-likeness (QED) is 0.691. The van der Waals surface area contributed by atoms with Gasteiger partial charge in [0.15, 0.2) is 0 Å². The molecular formula is C10H8N2O3. The second kappa shape index (κ2) is 3.45. The molecule has 0 aliphatic carbocycles. The minimum Gasteiger partial charge on any atom is -0.508 e. The first-order valence-electron chi connectivity index (χ1n) is 4.24. The fraction of sp³-hybridized carbons (Fsp3) is 0. The number of carboxylic acid groups (broad SMARTS) is 1. The van der Waals surface area contributed by atoms with E-state index in [2.05, 4.69) is 9.97 Å². The molecule has 0 atom stereocenters. The van der Waals surface area contributed by atoms with E-state index >= 15 is 0 Å². The number of hydrogen-bond acceptors (Lipinski definition) is 3. The molecule has 76 valence electrons. The van der Waals surface area contributed by atoms with Crippen molar-refractivity contribution in [2.75, 3.05) is 0 Å². The molecule has 2 aromatic rings. The molecule has 0 saturated heterocycles. The first kappa shape index (κ1) is 9.26. The number of H-pyrrole nitrogens is 1. The molecule has 0 fully saturated rings. The largest absolute Gasteiger partial charge is 0.508 e. The van der Waals surface area contributed by atoms with Crippen molar-refractivity contribution in [2.45, 2.75) is 0 Å². The van der Waals surface area contributed by atoms with Gasteiger partial charge in [0.1, 0.15) is 5.75 Å². The van der Waals surface area contributed by atoms with E-state index in [0.717, 1.165) is 0 Å². The van der Waals surface area contributed by atoms with E-state index in [4.69, 9.17) is 5.11 Å². The molecule has 2 rings (SSSR count). The average Bonchev–Trinajstić information content (AvgIpc) is 2.66. The number of imidazole rings is 1. The number of benzene rings is 1. The number of phenolic OH excluding ortho intramolecular Hbond substituents is 1. The predicted molar refractivity (Wildman–Crippen MR) is 52.6 cm³/mol. The van der Waals surface area contributed by atoms with Crippen LogP contribution >= 0.6 is 0 Å². The molecule has 0 unspecified atom stereocenters. The number of aromatic nitrogens is 2. The molecule has 0 spiro atoms. The third-order valence-corrected chi connectivity index (χ3v) is 1.94. The Morgan fingerprint density at radius 1 is 1.40 bits per heavy atom. The summed E-state index contributed by atoms with van der Waals surface area (Å²) < 4.78 is 0. The molecule has 0 bridgehead atoms. The predicted octanol–water partition coefficient (Wildman–Crippen LogP) is 1.48. The Balaban J connectivity index is 2.41. The number of aromatic amines is 1. The van der Waals surface area contributed by atoms with E-state index in [1.807, 2.05) is 0 Å². The zero-order chi connectivity index (χ0) is 10.8. The van der Waals surface area contributed by atoms with Gasteiger partial charge in [0.2, 0.25) is 5.82 Å². The van der Waals surface area contributed by atoms with Crippen molar-refractivity contribution in [1.29, 1.82) is 0 Å². The fourth-order valence-electron chi connectivity index (χ4n) is 1.25. The normalized spacial score (nSPS) is 10.1. The van der Waals surface area contributed by atoms with Crippen LogP contribution in [0.4, 0.5) is 0 Å². The van der Waals surface area contributed by atoms with Crippen LogP contribution < -0.4 is 0 Å². The Hall–Kier alpha value is -2.30. The van der Waals surface area contributed by atoms with Gasteiger partial charge in [0.05, 0.1) is 11.9 Å². The molecule has 0 aliphatic heterocycles. The first-order valence-corrected chi connectivity index (χ1v) is 4.24. The highest BCUT2D eigenvalue weighted by atomic mass is 16.4. The van der Waals surface area contributed by atoms with Crippen LogP contribution in [0.2, 0.25) is 0 Å². The van der Waals surface area contributed by atoms with Gasteiger partial charge in [0, 0.05) is 5.56 Å². The third-order valence-electron chi connectivity index (χ3n) is 1.94. The van der Waals surface area contributed by atoms with Crippen molar-refractivity contribution in [3.05, 3.63) is 36.3 Å². The number of nitrogens with zero attached hydrogens (tertiary/aromatic N) is 1. The van der Waals surface area contributed by atoms with Gasteiger partial charge in [-0.15, -0.1) is 0 Å². The minimum absolute atomic E-state index is 0.117. The van der Waals surface area contributed by atoms with Crippen LogP contribution in [0.3, 0.4) is 0 Å². The first-order chi connectivity index (χ1) is 7.16. The number of aromatic carboxylic acids is 1.